The van der Waals surface area contributed by atoms with Crippen molar-refractivity contribution >= 4 is 45.9 Å². The molecule has 5 nitrogen and oxygen atoms in total. The third kappa shape index (κ3) is 4.35. The van der Waals surface area contributed by atoms with Gasteiger partial charge in [-0.1, -0.05) is 0 Å². The first-order valence-corrected chi connectivity index (χ1v) is 7.22. The van der Waals surface area contributed by atoms with Crippen LogP contribution >= 0.6 is 22.6 Å². The van der Waals surface area contributed by atoms with Crippen LogP contribution < -0.4 is 5.32 Å². The Bertz CT molecular complexity index is 745. The van der Waals surface area contributed by atoms with Crippen LogP contribution in [0.1, 0.15) is 5.56 Å². The first-order valence-electron chi connectivity index (χ1n) is 6.14. The molecule has 1 amide bonds. The van der Waals surface area contributed by atoms with Crippen LogP contribution in [0.15, 0.2) is 48.5 Å². The van der Waals surface area contributed by atoms with Crippen molar-refractivity contribution in [1.29, 1.82) is 0 Å². The van der Waals surface area contributed by atoms with Crippen LogP contribution in [0, 0.1) is 19.5 Å². The van der Waals surface area contributed by atoms with E-state index >= 15 is 0 Å². The number of carbonyl (C=O) groups excluding carboxylic acids is 1. The lowest BCUT2D eigenvalue weighted by Gasteiger charge is -2.03. The number of hydrogen-bond acceptors (Lipinski definition) is 3. The van der Waals surface area contributed by atoms with Gasteiger partial charge in [-0.05, 0) is 64.6 Å². The summed E-state index contributed by atoms with van der Waals surface area (Å²) in [4.78, 5) is 21.7. The van der Waals surface area contributed by atoms with Gasteiger partial charge in [0.15, 0.2) is 0 Å². The molecule has 2 aromatic rings. The van der Waals surface area contributed by atoms with Gasteiger partial charge in [0.05, 0.1) is 10.6 Å². The number of anilines is 1. The van der Waals surface area contributed by atoms with Gasteiger partial charge in [-0.2, -0.15) is 0 Å². The summed E-state index contributed by atoms with van der Waals surface area (Å²) in [6.07, 6.45) is 2.72. The van der Waals surface area contributed by atoms with Crippen molar-refractivity contribution in [3.05, 3.63) is 73.6 Å². The number of halogens is 2. The van der Waals surface area contributed by atoms with E-state index in [4.69, 9.17) is 0 Å². The fourth-order valence-corrected chi connectivity index (χ4v) is 2.10. The Morgan fingerprint density at radius 1 is 1.23 bits per heavy atom. The van der Waals surface area contributed by atoms with Crippen LogP contribution in [-0.4, -0.2) is 10.8 Å². The van der Waals surface area contributed by atoms with Crippen LogP contribution in [0.2, 0.25) is 0 Å². The maximum absolute atomic E-state index is 13.6. The zero-order valence-corrected chi connectivity index (χ0v) is 13.3. The zero-order valence-electron chi connectivity index (χ0n) is 11.1. The van der Waals surface area contributed by atoms with E-state index in [2.05, 4.69) is 5.32 Å². The van der Waals surface area contributed by atoms with Crippen LogP contribution in [0.5, 0.6) is 0 Å². The van der Waals surface area contributed by atoms with Crippen molar-refractivity contribution in [3.8, 4) is 0 Å². The number of nitrogens with one attached hydrogen (secondary N) is 1. The monoisotopic (exact) mass is 412 g/mol. The summed E-state index contributed by atoms with van der Waals surface area (Å²) in [6.45, 7) is 0. The number of benzene rings is 2. The number of hydrogen-bond donors (Lipinski definition) is 1. The molecule has 0 saturated carbocycles. The largest absolute Gasteiger partial charge is 0.320 e. The van der Waals surface area contributed by atoms with Gasteiger partial charge < -0.3 is 5.32 Å². The van der Waals surface area contributed by atoms with Crippen molar-refractivity contribution in [2.24, 2.45) is 0 Å². The molecule has 0 heterocycles. The lowest BCUT2D eigenvalue weighted by Crippen LogP contribution is -2.09. The first kappa shape index (κ1) is 16.1. The second kappa shape index (κ2) is 7.12. The molecule has 1 N–H and O–H groups in total. The van der Waals surface area contributed by atoms with Gasteiger partial charge in [0.2, 0.25) is 5.91 Å². The average Bonchev–Trinajstić information content (AvgIpc) is 2.48. The smallest absolute Gasteiger partial charge is 0.269 e. The minimum Gasteiger partial charge on any atom is -0.320 e. The molecule has 112 valence electrons. The van der Waals surface area contributed by atoms with Crippen LogP contribution in [0.4, 0.5) is 15.8 Å². The lowest BCUT2D eigenvalue weighted by atomic mass is 10.2. The van der Waals surface area contributed by atoms with E-state index in [0.717, 1.165) is 3.57 Å². The Morgan fingerprint density at radius 3 is 2.50 bits per heavy atom. The Hall–Kier alpha value is -2.29. The Balaban J connectivity index is 2.03. The summed E-state index contributed by atoms with van der Waals surface area (Å²) >= 11 is 1.97. The summed E-state index contributed by atoms with van der Waals surface area (Å²) in [5.74, 6) is -0.998. The SMILES string of the molecule is O=C(/C=C/c1ccc([N+](=O)[O-])cc1)Nc1ccc(I)cc1F. The van der Waals surface area contributed by atoms with Crippen LogP contribution in [0.25, 0.3) is 6.08 Å². The highest BCUT2D eigenvalue weighted by atomic mass is 127. The molecule has 0 unspecified atom stereocenters. The normalized spacial score (nSPS) is 10.6. The van der Waals surface area contributed by atoms with Crippen molar-refractivity contribution < 1.29 is 14.1 Å². The van der Waals surface area contributed by atoms with Crippen molar-refractivity contribution in [3.63, 3.8) is 0 Å². The summed E-state index contributed by atoms with van der Waals surface area (Å²) in [7, 11) is 0. The fourth-order valence-electron chi connectivity index (χ4n) is 1.64. The number of carbonyl (C=O) groups is 1. The van der Waals surface area contributed by atoms with Gasteiger partial charge in [-0.3, -0.25) is 14.9 Å². The number of nitro groups is 1. The highest BCUT2D eigenvalue weighted by Crippen LogP contribution is 2.17. The number of rotatable bonds is 4. The summed E-state index contributed by atoms with van der Waals surface area (Å²) < 4.78 is 14.3. The molecule has 0 fully saturated rings. The molecule has 0 saturated heterocycles. The van der Waals surface area contributed by atoms with Crippen molar-refractivity contribution in [1.82, 2.24) is 0 Å². The number of nitrogens with zero attached hydrogens (tertiary/aromatic N) is 1. The highest BCUT2D eigenvalue weighted by molar-refractivity contribution is 14.1. The Kier molecular flexibility index (Phi) is 5.21. The molecule has 0 radical (unpaired) electrons. The summed E-state index contributed by atoms with van der Waals surface area (Å²) in [5.41, 5.74) is 0.699. The third-order valence-electron chi connectivity index (χ3n) is 2.72. The minimum atomic E-state index is -0.510. The maximum Gasteiger partial charge on any atom is 0.269 e. The standard InChI is InChI=1S/C15H10FIN2O3/c16-13-9-11(17)4-7-14(13)18-15(20)8-3-10-1-5-12(6-2-10)19(21)22/h1-9H,(H,18,20)/b8-3+. The van der Waals surface area contributed by atoms with E-state index in [1.165, 1.54) is 48.6 Å². The molecule has 0 aliphatic heterocycles. The molecule has 22 heavy (non-hydrogen) atoms. The van der Waals surface area contributed by atoms with Gasteiger partial charge in [0.25, 0.3) is 5.69 Å². The van der Waals surface area contributed by atoms with Gasteiger partial charge >= 0.3 is 0 Å². The van der Waals surface area contributed by atoms with E-state index < -0.39 is 16.6 Å². The number of amides is 1. The molecule has 2 aromatic carbocycles. The molecule has 0 aliphatic rings. The second-order valence-electron chi connectivity index (χ2n) is 4.30. The topological polar surface area (TPSA) is 72.2 Å². The predicted octanol–water partition coefficient (Wildman–Crippen LogP) is 3.99. The van der Waals surface area contributed by atoms with Gasteiger partial charge in [0.1, 0.15) is 5.82 Å². The van der Waals surface area contributed by atoms with Gasteiger partial charge in [-0.15, -0.1) is 0 Å². The minimum absolute atomic E-state index is 0.0254. The van der Waals surface area contributed by atoms with Crippen molar-refractivity contribution in [2.75, 3.05) is 5.32 Å². The Morgan fingerprint density at radius 2 is 1.91 bits per heavy atom. The molecular weight excluding hydrogens is 402 g/mol. The summed E-state index contributed by atoms with van der Waals surface area (Å²) in [5, 5.41) is 12.9. The first-order chi connectivity index (χ1) is 10.5. The van der Waals surface area contributed by atoms with Gasteiger partial charge in [-0.25, -0.2) is 4.39 Å². The molecule has 0 aliphatic carbocycles. The Labute approximate surface area is 139 Å². The zero-order chi connectivity index (χ0) is 16.1. The number of nitro benzene ring substituents is 1. The molecule has 0 bridgehead atoms. The third-order valence-corrected chi connectivity index (χ3v) is 3.39. The van der Waals surface area contributed by atoms with Gasteiger partial charge in [0, 0.05) is 21.8 Å². The fraction of sp³-hybridized carbons (Fsp3) is 0. The predicted molar refractivity (Wildman–Crippen MR) is 89.9 cm³/mol. The quantitative estimate of drug-likeness (QED) is 0.357. The molecule has 2 rings (SSSR count). The summed E-state index contributed by atoms with van der Waals surface area (Å²) in [6, 6.07) is 10.2. The molecule has 0 spiro atoms. The second-order valence-corrected chi connectivity index (χ2v) is 5.54. The van der Waals surface area contributed by atoms with Crippen LogP contribution in [0.3, 0.4) is 0 Å². The van der Waals surface area contributed by atoms with E-state index in [1.807, 2.05) is 22.6 Å². The average molecular weight is 412 g/mol. The number of non-ortho nitro benzene ring substituents is 1. The maximum atomic E-state index is 13.6. The lowest BCUT2D eigenvalue weighted by molar-refractivity contribution is -0.384. The molecule has 0 atom stereocenters. The van der Waals surface area contributed by atoms with Crippen molar-refractivity contribution in [2.45, 2.75) is 0 Å². The van der Waals surface area contributed by atoms with E-state index in [1.54, 1.807) is 6.07 Å². The van der Waals surface area contributed by atoms with E-state index in [0.29, 0.717) is 5.56 Å². The molecule has 0 aromatic heterocycles. The van der Waals surface area contributed by atoms with E-state index in [-0.39, 0.29) is 11.4 Å². The highest BCUT2D eigenvalue weighted by Gasteiger charge is 2.05. The molecular formula is C15H10FIN2O3. The van der Waals surface area contributed by atoms with E-state index in [9.17, 15) is 19.3 Å². The molecule has 7 heteroatoms. The van der Waals surface area contributed by atoms with Crippen LogP contribution in [-0.2, 0) is 4.79 Å².